The lowest BCUT2D eigenvalue weighted by Gasteiger charge is -2.27. The number of nitrogens with one attached hydrogen (secondary N) is 1. The second-order valence-electron chi connectivity index (χ2n) is 9.08. The van der Waals surface area contributed by atoms with Crippen molar-refractivity contribution in [2.45, 2.75) is 53.8 Å². The molecule has 0 saturated carbocycles. The van der Waals surface area contributed by atoms with Gasteiger partial charge in [0, 0.05) is 33.0 Å². The van der Waals surface area contributed by atoms with Crippen molar-refractivity contribution in [2.24, 2.45) is 10.4 Å². The Morgan fingerprint density at radius 2 is 1.84 bits per heavy atom. The van der Waals surface area contributed by atoms with Gasteiger partial charge in [0.25, 0.3) is 0 Å². The number of hydrogen-bond donors (Lipinski definition) is 2. The molecule has 0 saturated heterocycles. The molecular formula is C23H28ClN5OS. The normalized spacial score (nSPS) is 17.0. The van der Waals surface area contributed by atoms with Crippen molar-refractivity contribution in [2.75, 3.05) is 6.54 Å². The van der Waals surface area contributed by atoms with E-state index in [2.05, 4.69) is 33.9 Å². The first-order chi connectivity index (χ1) is 14.6. The summed E-state index contributed by atoms with van der Waals surface area (Å²) in [5.41, 5.74) is 3.94. The van der Waals surface area contributed by atoms with E-state index in [1.165, 1.54) is 10.4 Å². The minimum absolute atomic E-state index is 0.288. The lowest BCUT2D eigenvalue weighted by atomic mass is 9.94. The molecule has 4 rings (SSSR count). The van der Waals surface area contributed by atoms with E-state index in [0.29, 0.717) is 11.6 Å². The molecule has 2 N–H and O–H groups in total. The van der Waals surface area contributed by atoms with Crippen LogP contribution in [0.3, 0.4) is 0 Å². The van der Waals surface area contributed by atoms with Gasteiger partial charge in [-0.1, -0.05) is 44.5 Å². The largest absolute Gasteiger partial charge is 0.378 e. The molecule has 0 bridgehead atoms. The van der Waals surface area contributed by atoms with Crippen molar-refractivity contribution in [3.63, 3.8) is 0 Å². The molecule has 164 valence electrons. The first-order valence-corrected chi connectivity index (χ1v) is 11.5. The number of nitrogens with zero attached hydrogens (tertiary/aromatic N) is 4. The fourth-order valence-electron chi connectivity index (χ4n) is 3.66. The number of benzene rings is 1. The second kappa shape index (κ2) is 8.13. The molecule has 1 aliphatic heterocycles. The van der Waals surface area contributed by atoms with Crippen molar-refractivity contribution >= 4 is 28.6 Å². The summed E-state index contributed by atoms with van der Waals surface area (Å²) in [4.78, 5) is 6.42. The summed E-state index contributed by atoms with van der Waals surface area (Å²) in [6.07, 6.45) is -0.666. The number of aliphatic hydroxyl groups excluding tert-OH is 1. The van der Waals surface area contributed by atoms with Crippen LogP contribution >= 0.6 is 22.9 Å². The topological polar surface area (TPSA) is 75.3 Å². The van der Waals surface area contributed by atoms with Gasteiger partial charge >= 0.3 is 0 Å². The van der Waals surface area contributed by atoms with Crippen LogP contribution in [-0.4, -0.2) is 38.4 Å². The van der Waals surface area contributed by atoms with Gasteiger partial charge in [0.1, 0.15) is 23.1 Å². The molecule has 1 unspecified atom stereocenters. The van der Waals surface area contributed by atoms with E-state index < -0.39 is 6.23 Å². The van der Waals surface area contributed by atoms with Gasteiger partial charge in [-0.2, -0.15) is 0 Å². The van der Waals surface area contributed by atoms with Crippen LogP contribution in [0.25, 0.3) is 5.00 Å². The first kappa shape index (κ1) is 22.1. The third-order valence-electron chi connectivity index (χ3n) is 5.68. The average molecular weight is 458 g/mol. The Kier molecular flexibility index (Phi) is 5.81. The van der Waals surface area contributed by atoms with E-state index in [1.54, 1.807) is 11.3 Å². The first-order valence-electron chi connectivity index (χ1n) is 10.4. The van der Waals surface area contributed by atoms with Crippen LogP contribution in [0, 0.1) is 26.2 Å². The Bertz CT molecular complexity index is 1140. The molecule has 0 amide bonds. The molecule has 3 heterocycles. The van der Waals surface area contributed by atoms with E-state index in [-0.39, 0.29) is 11.5 Å². The zero-order valence-electron chi connectivity index (χ0n) is 18.7. The maximum atomic E-state index is 10.6. The number of rotatable bonds is 4. The average Bonchev–Trinajstić information content (AvgIpc) is 3.17. The fourth-order valence-corrected chi connectivity index (χ4v) is 5.00. The smallest absolute Gasteiger partial charge is 0.164 e. The Hall–Kier alpha value is -2.06. The van der Waals surface area contributed by atoms with Crippen LogP contribution in [0.4, 0.5) is 0 Å². The van der Waals surface area contributed by atoms with E-state index >= 15 is 0 Å². The van der Waals surface area contributed by atoms with Gasteiger partial charge in [-0.3, -0.25) is 14.9 Å². The molecule has 0 fully saturated rings. The Labute approximate surface area is 192 Å². The Balaban J connectivity index is 1.88. The molecule has 31 heavy (non-hydrogen) atoms. The molecular weight excluding hydrogens is 430 g/mol. The molecule has 3 aromatic rings. The maximum Gasteiger partial charge on any atom is 0.164 e. The molecule has 0 aliphatic carbocycles. The van der Waals surface area contributed by atoms with Gasteiger partial charge in [0.2, 0.25) is 0 Å². The predicted octanol–water partition coefficient (Wildman–Crippen LogP) is 4.75. The van der Waals surface area contributed by atoms with Crippen molar-refractivity contribution in [1.29, 1.82) is 0 Å². The molecule has 2 aromatic heterocycles. The van der Waals surface area contributed by atoms with Crippen LogP contribution in [0.1, 0.15) is 60.0 Å². The maximum absolute atomic E-state index is 10.6. The van der Waals surface area contributed by atoms with Gasteiger partial charge in [-0.15, -0.1) is 21.5 Å². The second-order valence-corrected chi connectivity index (χ2v) is 10.7. The lowest BCUT2D eigenvalue weighted by Crippen LogP contribution is -2.42. The van der Waals surface area contributed by atoms with Gasteiger partial charge in [0.05, 0.1) is 5.71 Å². The fraction of sp³-hybridized carbons (Fsp3) is 0.435. The number of halogens is 1. The number of aliphatic hydroxyl groups is 1. The Morgan fingerprint density at radius 1 is 1.16 bits per heavy atom. The highest BCUT2D eigenvalue weighted by molar-refractivity contribution is 7.15. The SMILES string of the molecule is Cc1sc2c(c1C)C(c1ccc(Cl)cc1)=N[C@H](CNC(O)C(C)(C)C)c1nnc(C)n1-2. The van der Waals surface area contributed by atoms with E-state index in [9.17, 15) is 5.11 Å². The zero-order chi connectivity index (χ0) is 22.5. The summed E-state index contributed by atoms with van der Waals surface area (Å²) < 4.78 is 2.11. The van der Waals surface area contributed by atoms with Crippen LogP contribution in [-0.2, 0) is 0 Å². The van der Waals surface area contributed by atoms with Gasteiger partial charge < -0.3 is 5.11 Å². The molecule has 0 radical (unpaired) electrons. The number of thiophene rings is 1. The minimum Gasteiger partial charge on any atom is -0.378 e. The number of fused-ring (bicyclic) bond motifs is 3. The van der Waals surface area contributed by atoms with Crippen molar-refractivity contribution in [1.82, 2.24) is 20.1 Å². The van der Waals surface area contributed by atoms with E-state index in [4.69, 9.17) is 16.6 Å². The standard InChI is InChI=1S/C23H28ClN5OS/c1-12-13(2)31-21-18(12)19(15-7-9-16(24)10-8-15)26-17(11-25-22(30)23(4,5)6)20-28-27-14(3)29(20)21/h7-10,17,22,25,30H,11H2,1-6H3/t17-,22?/m1/s1. The molecule has 6 nitrogen and oxygen atoms in total. The molecule has 0 spiro atoms. The van der Waals surface area contributed by atoms with Crippen molar-refractivity contribution in [3.8, 4) is 5.00 Å². The highest BCUT2D eigenvalue weighted by atomic mass is 35.5. The Morgan fingerprint density at radius 3 is 2.48 bits per heavy atom. The van der Waals surface area contributed by atoms with Gasteiger partial charge in [-0.25, -0.2) is 0 Å². The van der Waals surface area contributed by atoms with Crippen LogP contribution in [0.2, 0.25) is 5.02 Å². The van der Waals surface area contributed by atoms with Gasteiger partial charge in [-0.05, 0) is 38.5 Å². The summed E-state index contributed by atoms with van der Waals surface area (Å²) >= 11 is 7.88. The third-order valence-corrected chi connectivity index (χ3v) is 7.13. The summed E-state index contributed by atoms with van der Waals surface area (Å²) in [5.74, 6) is 1.60. The third kappa shape index (κ3) is 4.07. The monoisotopic (exact) mass is 457 g/mol. The highest BCUT2D eigenvalue weighted by Crippen LogP contribution is 2.38. The summed E-state index contributed by atoms with van der Waals surface area (Å²) in [7, 11) is 0. The quantitative estimate of drug-likeness (QED) is 0.554. The minimum atomic E-state index is -0.666. The van der Waals surface area contributed by atoms with Crippen LogP contribution in [0.5, 0.6) is 0 Å². The predicted molar refractivity (Wildman–Crippen MR) is 127 cm³/mol. The van der Waals surface area contributed by atoms with E-state index in [1.807, 2.05) is 52.0 Å². The summed E-state index contributed by atoms with van der Waals surface area (Å²) in [5, 5.41) is 24.4. The summed E-state index contributed by atoms with van der Waals surface area (Å²) in [6.45, 7) is 12.7. The zero-order valence-corrected chi connectivity index (χ0v) is 20.3. The molecule has 1 aliphatic rings. The number of aryl methyl sites for hydroxylation is 2. The number of aliphatic imine (C=N–C) groups is 1. The van der Waals surface area contributed by atoms with Crippen LogP contribution < -0.4 is 5.32 Å². The van der Waals surface area contributed by atoms with Crippen LogP contribution in [0.15, 0.2) is 29.3 Å². The van der Waals surface area contributed by atoms with Crippen molar-refractivity contribution in [3.05, 3.63) is 62.5 Å². The highest BCUT2D eigenvalue weighted by Gasteiger charge is 2.32. The van der Waals surface area contributed by atoms with Crippen molar-refractivity contribution < 1.29 is 5.11 Å². The number of aromatic nitrogens is 3. The van der Waals surface area contributed by atoms with Gasteiger partial charge in [0.15, 0.2) is 5.82 Å². The molecule has 8 heteroatoms. The molecule has 2 atom stereocenters. The number of hydrogen-bond acceptors (Lipinski definition) is 6. The summed E-state index contributed by atoms with van der Waals surface area (Å²) in [6, 6.07) is 7.49. The lowest BCUT2D eigenvalue weighted by molar-refractivity contribution is 0.0321. The van der Waals surface area contributed by atoms with E-state index in [0.717, 1.165) is 33.5 Å². The molecule has 1 aromatic carbocycles.